The lowest BCUT2D eigenvalue weighted by Crippen LogP contribution is -2.41. The molecule has 0 radical (unpaired) electrons. The number of aryl methyl sites for hydroxylation is 1. The lowest BCUT2D eigenvalue weighted by atomic mass is 9.92. The average Bonchev–Trinajstić information content (AvgIpc) is 3.00. The molecule has 0 aromatic heterocycles. The second kappa shape index (κ2) is 4.87. The van der Waals surface area contributed by atoms with Gasteiger partial charge in [0, 0.05) is 25.0 Å². The maximum absolute atomic E-state index is 12.1. The van der Waals surface area contributed by atoms with Gasteiger partial charge in [-0.05, 0) is 43.7 Å². The summed E-state index contributed by atoms with van der Waals surface area (Å²) in [5.41, 5.74) is 2.97. The molecule has 102 valence electrons. The fourth-order valence-corrected chi connectivity index (χ4v) is 3.14. The van der Waals surface area contributed by atoms with Crippen LogP contribution in [-0.2, 0) is 5.41 Å². The molecule has 1 saturated carbocycles. The van der Waals surface area contributed by atoms with Crippen LogP contribution < -0.4 is 5.32 Å². The Morgan fingerprint density at radius 3 is 2.58 bits per heavy atom. The van der Waals surface area contributed by atoms with Crippen molar-refractivity contribution in [2.24, 2.45) is 0 Å². The summed E-state index contributed by atoms with van der Waals surface area (Å²) in [5, 5.41) is 3.14. The van der Waals surface area contributed by atoms with Crippen molar-refractivity contribution in [1.29, 1.82) is 0 Å². The summed E-state index contributed by atoms with van der Waals surface area (Å²) < 4.78 is 0. The zero-order valence-corrected chi connectivity index (χ0v) is 11.6. The first-order valence-electron chi connectivity index (χ1n) is 7.30. The van der Waals surface area contributed by atoms with E-state index in [1.54, 1.807) is 0 Å². The van der Waals surface area contributed by atoms with E-state index in [1.165, 1.54) is 24.0 Å². The molecule has 1 aliphatic heterocycles. The standard InChI is InChI=1S/C16H22N2O/c1-13-6-2-3-7-14(13)16(8-9-16)12-17-15(19)18-10-4-5-11-18/h2-3,6-7H,4-5,8-12H2,1H3,(H,17,19). The zero-order chi connectivity index (χ0) is 13.3. The molecule has 2 fully saturated rings. The SMILES string of the molecule is Cc1ccccc1C1(CNC(=O)N2CCCC2)CC1. The number of benzene rings is 1. The number of hydrogen-bond donors (Lipinski definition) is 1. The van der Waals surface area contributed by atoms with Crippen molar-refractivity contribution in [1.82, 2.24) is 10.2 Å². The lowest BCUT2D eigenvalue weighted by molar-refractivity contribution is 0.207. The van der Waals surface area contributed by atoms with Crippen molar-refractivity contribution in [3.8, 4) is 0 Å². The van der Waals surface area contributed by atoms with Crippen LogP contribution in [0.3, 0.4) is 0 Å². The highest BCUT2D eigenvalue weighted by Crippen LogP contribution is 2.48. The number of urea groups is 1. The maximum Gasteiger partial charge on any atom is 0.317 e. The third-order valence-corrected chi connectivity index (χ3v) is 4.54. The van der Waals surface area contributed by atoms with E-state index in [2.05, 4.69) is 36.5 Å². The molecule has 1 aromatic rings. The van der Waals surface area contributed by atoms with Crippen molar-refractivity contribution in [2.75, 3.05) is 19.6 Å². The Morgan fingerprint density at radius 1 is 1.26 bits per heavy atom. The first-order valence-corrected chi connectivity index (χ1v) is 7.30. The molecule has 2 aliphatic rings. The second-order valence-corrected chi connectivity index (χ2v) is 5.95. The highest BCUT2D eigenvalue weighted by Gasteiger charge is 2.45. The van der Waals surface area contributed by atoms with Crippen molar-refractivity contribution < 1.29 is 4.79 Å². The van der Waals surface area contributed by atoms with E-state index in [0.29, 0.717) is 0 Å². The van der Waals surface area contributed by atoms with Gasteiger partial charge in [0.1, 0.15) is 0 Å². The lowest BCUT2D eigenvalue weighted by Gasteiger charge is -2.22. The molecule has 3 nitrogen and oxygen atoms in total. The fourth-order valence-electron chi connectivity index (χ4n) is 3.14. The van der Waals surface area contributed by atoms with E-state index >= 15 is 0 Å². The summed E-state index contributed by atoms with van der Waals surface area (Å²) in [4.78, 5) is 14.0. The topological polar surface area (TPSA) is 32.3 Å². The summed E-state index contributed by atoms with van der Waals surface area (Å²) in [5.74, 6) is 0. The monoisotopic (exact) mass is 258 g/mol. The summed E-state index contributed by atoms with van der Waals surface area (Å²) in [6.45, 7) is 4.79. The molecule has 19 heavy (non-hydrogen) atoms. The number of carbonyl (C=O) groups excluding carboxylic acids is 1. The van der Waals surface area contributed by atoms with E-state index < -0.39 is 0 Å². The molecular formula is C16H22N2O. The predicted molar refractivity (Wildman–Crippen MR) is 76.3 cm³/mol. The molecule has 0 atom stereocenters. The minimum atomic E-state index is 0.123. The normalized spacial score (nSPS) is 20.4. The molecule has 0 bridgehead atoms. The van der Waals surface area contributed by atoms with Crippen LogP contribution in [0, 0.1) is 6.92 Å². The fraction of sp³-hybridized carbons (Fsp3) is 0.562. The maximum atomic E-state index is 12.1. The molecule has 0 unspecified atom stereocenters. The predicted octanol–water partition coefficient (Wildman–Crippen LogP) is 2.83. The van der Waals surface area contributed by atoms with Gasteiger partial charge in [-0.3, -0.25) is 0 Å². The Kier molecular flexibility index (Phi) is 3.21. The minimum absolute atomic E-state index is 0.123. The average molecular weight is 258 g/mol. The van der Waals surface area contributed by atoms with Gasteiger partial charge in [-0.2, -0.15) is 0 Å². The van der Waals surface area contributed by atoms with Crippen molar-refractivity contribution in [2.45, 2.75) is 38.0 Å². The van der Waals surface area contributed by atoms with E-state index in [1.807, 2.05) is 4.90 Å². The molecule has 1 aromatic carbocycles. The van der Waals surface area contributed by atoms with Crippen molar-refractivity contribution >= 4 is 6.03 Å². The number of nitrogens with zero attached hydrogens (tertiary/aromatic N) is 1. The third-order valence-electron chi connectivity index (χ3n) is 4.54. The number of carbonyl (C=O) groups is 1. The third kappa shape index (κ3) is 2.46. The van der Waals surface area contributed by atoms with Gasteiger partial charge in [0.25, 0.3) is 0 Å². The van der Waals surface area contributed by atoms with Crippen LogP contribution in [0.2, 0.25) is 0 Å². The number of nitrogens with one attached hydrogen (secondary N) is 1. The molecular weight excluding hydrogens is 236 g/mol. The quantitative estimate of drug-likeness (QED) is 0.888. The highest BCUT2D eigenvalue weighted by atomic mass is 16.2. The number of rotatable bonds is 3. The van der Waals surface area contributed by atoms with Gasteiger partial charge in [-0.25, -0.2) is 4.79 Å². The van der Waals surface area contributed by atoms with E-state index in [9.17, 15) is 4.79 Å². The number of hydrogen-bond acceptors (Lipinski definition) is 1. The van der Waals surface area contributed by atoms with Gasteiger partial charge in [0.2, 0.25) is 0 Å². The van der Waals surface area contributed by atoms with Crippen molar-refractivity contribution in [3.63, 3.8) is 0 Å². The number of amides is 2. The largest absolute Gasteiger partial charge is 0.337 e. The molecule has 1 N–H and O–H groups in total. The minimum Gasteiger partial charge on any atom is -0.337 e. The van der Waals surface area contributed by atoms with Gasteiger partial charge in [-0.1, -0.05) is 24.3 Å². The van der Waals surface area contributed by atoms with Gasteiger partial charge in [0.15, 0.2) is 0 Å². The summed E-state index contributed by atoms with van der Waals surface area (Å²) in [6, 6.07) is 8.68. The first-order chi connectivity index (χ1) is 9.21. The summed E-state index contributed by atoms with van der Waals surface area (Å²) in [7, 11) is 0. The molecule has 3 rings (SSSR count). The Bertz CT molecular complexity index is 473. The van der Waals surface area contributed by atoms with Crippen molar-refractivity contribution in [3.05, 3.63) is 35.4 Å². The Balaban J connectivity index is 1.63. The Morgan fingerprint density at radius 2 is 1.95 bits per heavy atom. The van der Waals surface area contributed by atoms with Crippen LogP contribution in [0.25, 0.3) is 0 Å². The van der Waals surface area contributed by atoms with Crippen LogP contribution in [0.4, 0.5) is 4.79 Å². The second-order valence-electron chi connectivity index (χ2n) is 5.95. The van der Waals surface area contributed by atoms with Gasteiger partial charge in [0.05, 0.1) is 0 Å². The molecule has 1 aliphatic carbocycles. The van der Waals surface area contributed by atoms with E-state index in [0.717, 1.165) is 32.5 Å². The van der Waals surface area contributed by atoms with Crippen LogP contribution in [0.15, 0.2) is 24.3 Å². The molecule has 1 saturated heterocycles. The Labute approximate surface area is 115 Å². The van der Waals surface area contributed by atoms with Crippen LogP contribution >= 0.6 is 0 Å². The molecule has 2 amide bonds. The number of likely N-dealkylation sites (tertiary alicyclic amines) is 1. The van der Waals surface area contributed by atoms with Gasteiger partial charge in [-0.15, -0.1) is 0 Å². The van der Waals surface area contributed by atoms with Crippen LogP contribution in [-0.4, -0.2) is 30.6 Å². The Hall–Kier alpha value is -1.51. The smallest absolute Gasteiger partial charge is 0.317 e. The molecule has 0 spiro atoms. The van der Waals surface area contributed by atoms with Gasteiger partial charge < -0.3 is 10.2 Å². The molecule has 3 heteroatoms. The zero-order valence-electron chi connectivity index (χ0n) is 11.6. The summed E-state index contributed by atoms with van der Waals surface area (Å²) in [6.07, 6.45) is 4.68. The first kappa shape index (κ1) is 12.5. The van der Waals surface area contributed by atoms with E-state index in [4.69, 9.17) is 0 Å². The summed E-state index contributed by atoms with van der Waals surface area (Å²) >= 11 is 0. The van der Waals surface area contributed by atoms with Gasteiger partial charge >= 0.3 is 6.03 Å². The van der Waals surface area contributed by atoms with Crippen LogP contribution in [0.1, 0.15) is 36.8 Å². The molecule has 1 heterocycles. The van der Waals surface area contributed by atoms with Crippen LogP contribution in [0.5, 0.6) is 0 Å². The highest BCUT2D eigenvalue weighted by molar-refractivity contribution is 5.74. The van der Waals surface area contributed by atoms with E-state index in [-0.39, 0.29) is 11.4 Å².